The molecule has 0 aliphatic carbocycles. The van der Waals surface area contributed by atoms with Gasteiger partial charge in [-0.15, -0.1) is 0 Å². The van der Waals surface area contributed by atoms with E-state index in [1.54, 1.807) is 25.1 Å². The zero-order valence-electron chi connectivity index (χ0n) is 18.1. The van der Waals surface area contributed by atoms with Crippen molar-refractivity contribution in [3.63, 3.8) is 0 Å². The first-order chi connectivity index (χ1) is 15.6. The van der Waals surface area contributed by atoms with Crippen LogP contribution in [0.1, 0.15) is 44.0 Å². The van der Waals surface area contributed by atoms with E-state index in [1.165, 1.54) is 4.68 Å². The minimum Gasteiger partial charge on any atom is -0.351 e. The Morgan fingerprint density at radius 3 is 2.70 bits per heavy atom. The van der Waals surface area contributed by atoms with Crippen LogP contribution >= 0.6 is 23.2 Å². The highest BCUT2D eigenvalue weighted by Crippen LogP contribution is 2.40. The number of hydrogen-bond acceptors (Lipinski definition) is 4. The van der Waals surface area contributed by atoms with E-state index in [0.29, 0.717) is 22.8 Å². The van der Waals surface area contributed by atoms with E-state index < -0.39 is 17.9 Å². The third kappa shape index (κ3) is 4.72. The molecule has 1 saturated heterocycles. The lowest BCUT2D eigenvalue weighted by Gasteiger charge is -2.30. The lowest BCUT2D eigenvalue weighted by atomic mass is 9.94. The Kier molecular flexibility index (Phi) is 6.66. The molecule has 4 rings (SSSR count). The standard InChI is InChI=1S/C22H24Cl2F3N5O/c1-3-31-8-4-5-14(31)11-28-21(33)19-12(2)29-18-10-17(22(25,26)27)30-32(18)20(19)13-6-7-15(23)16(24)9-13/h6-7,9-10,14,20,29H,3-5,8,11H2,1-2H3,(H,28,33). The SMILES string of the molecule is CCN1CCCC1CNC(=O)C1=C(C)Nc2cc(C(F)(F)F)nn2C1c1ccc(Cl)c(Cl)c1. The van der Waals surface area contributed by atoms with Crippen LogP contribution in [0.4, 0.5) is 19.0 Å². The van der Waals surface area contributed by atoms with Gasteiger partial charge in [0.2, 0.25) is 0 Å². The number of carbonyl (C=O) groups excluding carboxylic acids is 1. The summed E-state index contributed by atoms with van der Waals surface area (Å²) in [5.41, 5.74) is 0.181. The number of halogens is 5. The van der Waals surface area contributed by atoms with Crippen molar-refractivity contribution in [1.29, 1.82) is 0 Å². The molecule has 1 fully saturated rings. The Labute approximate surface area is 199 Å². The first-order valence-corrected chi connectivity index (χ1v) is 11.5. The van der Waals surface area contributed by atoms with Gasteiger partial charge in [0.05, 0.1) is 15.6 Å². The van der Waals surface area contributed by atoms with Crippen molar-refractivity contribution >= 4 is 34.9 Å². The number of nitrogens with one attached hydrogen (secondary N) is 2. The molecule has 2 aliphatic heterocycles. The molecule has 2 atom stereocenters. The van der Waals surface area contributed by atoms with Crippen molar-refractivity contribution in [1.82, 2.24) is 20.0 Å². The number of likely N-dealkylation sites (N-methyl/N-ethyl adjacent to an activating group) is 1. The fourth-order valence-corrected chi connectivity index (χ4v) is 4.85. The van der Waals surface area contributed by atoms with Crippen molar-refractivity contribution in [3.05, 3.63) is 56.8 Å². The number of carbonyl (C=O) groups is 1. The van der Waals surface area contributed by atoms with Gasteiger partial charge in [0.1, 0.15) is 11.9 Å². The van der Waals surface area contributed by atoms with E-state index in [2.05, 4.69) is 27.6 Å². The monoisotopic (exact) mass is 501 g/mol. The van der Waals surface area contributed by atoms with Crippen LogP contribution in [-0.4, -0.2) is 46.3 Å². The first kappa shape index (κ1) is 23.9. The number of amides is 1. The number of nitrogens with zero attached hydrogens (tertiary/aromatic N) is 3. The molecule has 3 heterocycles. The molecule has 2 aliphatic rings. The van der Waals surface area contributed by atoms with Gasteiger partial charge in [0.25, 0.3) is 5.91 Å². The van der Waals surface area contributed by atoms with Gasteiger partial charge in [-0.3, -0.25) is 9.69 Å². The van der Waals surface area contributed by atoms with E-state index in [1.807, 2.05) is 0 Å². The zero-order valence-corrected chi connectivity index (χ0v) is 19.7. The van der Waals surface area contributed by atoms with Gasteiger partial charge in [0, 0.05) is 24.4 Å². The highest BCUT2D eigenvalue weighted by molar-refractivity contribution is 6.42. The van der Waals surface area contributed by atoms with E-state index in [4.69, 9.17) is 23.2 Å². The van der Waals surface area contributed by atoms with Crippen LogP contribution in [0.25, 0.3) is 0 Å². The van der Waals surface area contributed by atoms with Crippen LogP contribution in [0.3, 0.4) is 0 Å². The lowest BCUT2D eigenvalue weighted by Crippen LogP contribution is -2.42. The normalized spacial score (nSPS) is 21.2. The predicted molar refractivity (Wildman–Crippen MR) is 121 cm³/mol. The number of benzene rings is 1. The zero-order chi connectivity index (χ0) is 23.9. The third-order valence-corrected chi connectivity index (χ3v) is 6.91. The van der Waals surface area contributed by atoms with E-state index in [0.717, 1.165) is 32.0 Å². The van der Waals surface area contributed by atoms with Crippen molar-refractivity contribution < 1.29 is 18.0 Å². The highest BCUT2D eigenvalue weighted by atomic mass is 35.5. The molecular formula is C22H24Cl2F3N5O. The summed E-state index contributed by atoms with van der Waals surface area (Å²) in [5.74, 6) is -0.228. The van der Waals surface area contributed by atoms with Gasteiger partial charge in [-0.2, -0.15) is 18.3 Å². The van der Waals surface area contributed by atoms with E-state index >= 15 is 0 Å². The molecule has 11 heteroatoms. The fourth-order valence-electron chi connectivity index (χ4n) is 4.54. The van der Waals surface area contributed by atoms with Gasteiger partial charge in [-0.25, -0.2) is 4.68 Å². The Balaban J connectivity index is 1.71. The summed E-state index contributed by atoms with van der Waals surface area (Å²) in [6, 6.07) is 5.00. The topological polar surface area (TPSA) is 62.2 Å². The van der Waals surface area contributed by atoms with Gasteiger partial charge in [0.15, 0.2) is 5.69 Å². The lowest BCUT2D eigenvalue weighted by molar-refractivity contribution is -0.141. The number of alkyl halides is 3. The van der Waals surface area contributed by atoms with Crippen LogP contribution in [0.15, 0.2) is 35.5 Å². The molecule has 0 saturated carbocycles. The van der Waals surface area contributed by atoms with Crippen LogP contribution in [0, 0.1) is 0 Å². The Morgan fingerprint density at radius 1 is 1.27 bits per heavy atom. The number of fused-ring (bicyclic) bond motifs is 1. The molecule has 0 radical (unpaired) electrons. The third-order valence-electron chi connectivity index (χ3n) is 6.17. The second-order valence-corrected chi connectivity index (χ2v) is 9.05. The van der Waals surface area contributed by atoms with Gasteiger partial charge < -0.3 is 10.6 Å². The second-order valence-electron chi connectivity index (χ2n) is 8.23. The smallest absolute Gasteiger partial charge is 0.351 e. The number of allylic oxidation sites excluding steroid dienone is 1. The largest absolute Gasteiger partial charge is 0.435 e. The van der Waals surface area contributed by atoms with Crippen molar-refractivity contribution in [2.45, 2.75) is 44.9 Å². The molecule has 1 aromatic carbocycles. The summed E-state index contributed by atoms with van der Waals surface area (Å²) in [4.78, 5) is 15.7. The Hall–Kier alpha value is -2.23. The van der Waals surface area contributed by atoms with Crippen LogP contribution in [-0.2, 0) is 11.0 Å². The summed E-state index contributed by atoms with van der Waals surface area (Å²) >= 11 is 12.3. The van der Waals surface area contributed by atoms with Crippen LogP contribution < -0.4 is 10.6 Å². The van der Waals surface area contributed by atoms with E-state index in [-0.39, 0.29) is 28.4 Å². The number of likely N-dealkylation sites (tertiary alicyclic amines) is 1. The summed E-state index contributed by atoms with van der Waals surface area (Å²) in [5, 5.41) is 10.2. The molecule has 0 bridgehead atoms. The molecule has 6 nitrogen and oxygen atoms in total. The molecule has 178 valence electrons. The molecule has 1 amide bonds. The number of anilines is 1. The molecule has 2 N–H and O–H groups in total. The quantitative estimate of drug-likeness (QED) is 0.598. The maximum Gasteiger partial charge on any atom is 0.435 e. The summed E-state index contributed by atoms with van der Waals surface area (Å²) < 4.78 is 41.4. The van der Waals surface area contributed by atoms with Crippen molar-refractivity contribution in [2.75, 3.05) is 25.0 Å². The first-order valence-electron chi connectivity index (χ1n) is 10.7. The summed E-state index contributed by atoms with van der Waals surface area (Å²) in [6.45, 7) is 6.08. The number of hydrogen-bond donors (Lipinski definition) is 2. The number of rotatable bonds is 5. The van der Waals surface area contributed by atoms with Gasteiger partial charge >= 0.3 is 6.18 Å². The highest BCUT2D eigenvalue weighted by Gasteiger charge is 2.40. The minimum absolute atomic E-state index is 0.139. The molecule has 2 aromatic rings. The van der Waals surface area contributed by atoms with Crippen LogP contribution in [0.5, 0.6) is 0 Å². The van der Waals surface area contributed by atoms with Crippen LogP contribution in [0.2, 0.25) is 10.0 Å². The minimum atomic E-state index is -4.63. The summed E-state index contributed by atoms with van der Waals surface area (Å²) in [7, 11) is 0. The maximum absolute atomic E-state index is 13.4. The molecular weight excluding hydrogens is 478 g/mol. The predicted octanol–water partition coefficient (Wildman–Crippen LogP) is 5.10. The second kappa shape index (κ2) is 9.19. The van der Waals surface area contributed by atoms with Crippen molar-refractivity contribution in [2.24, 2.45) is 0 Å². The maximum atomic E-state index is 13.4. The Bertz CT molecular complexity index is 1100. The van der Waals surface area contributed by atoms with Gasteiger partial charge in [-0.05, 0) is 50.6 Å². The molecule has 33 heavy (non-hydrogen) atoms. The van der Waals surface area contributed by atoms with E-state index in [9.17, 15) is 18.0 Å². The Morgan fingerprint density at radius 2 is 2.03 bits per heavy atom. The fraction of sp³-hybridized carbons (Fsp3) is 0.455. The molecule has 0 spiro atoms. The van der Waals surface area contributed by atoms with Crippen molar-refractivity contribution in [3.8, 4) is 0 Å². The van der Waals surface area contributed by atoms with Gasteiger partial charge in [-0.1, -0.05) is 36.2 Å². The summed E-state index contributed by atoms with van der Waals surface area (Å²) in [6.07, 6.45) is -2.57. The average molecular weight is 502 g/mol. The average Bonchev–Trinajstić information content (AvgIpc) is 3.39. The number of aromatic nitrogens is 2. The molecule has 1 aromatic heterocycles. The molecule has 2 unspecified atom stereocenters.